The van der Waals surface area contributed by atoms with E-state index in [0.29, 0.717) is 18.1 Å². The number of rotatable bonds is 5. The molecule has 0 saturated heterocycles. The molecule has 1 aromatic carbocycles. The average molecular weight is 328 g/mol. The topological polar surface area (TPSA) is 50.5 Å². The van der Waals surface area contributed by atoms with Gasteiger partial charge in [-0.3, -0.25) is 0 Å². The molecule has 0 N–H and O–H groups in total. The first kappa shape index (κ1) is 16.1. The van der Waals surface area contributed by atoms with Crippen LogP contribution in [-0.4, -0.2) is 19.8 Å². The Hall–Kier alpha value is -1.30. The summed E-state index contributed by atoms with van der Waals surface area (Å²) in [6.45, 7) is 3.91. The van der Waals surface area contributed by atoms with Gasteiger partial charge < -0.3 is 4.42 Å². The summed E-state index contributed by atoms with van der Waals surface area (Å²) in [6, 6.07) is 9.21. The molecule has 0 spiro atoms. The molecule has 114 valence electrons. The van der Waals surface area contributed by atoms with E-state index in [-0.39, 0.29) is 10.8 Å². The number of alkyl halides is 1. The minimum absolute atomic E-state index is 0.151. The van der Waals surface area contributed by atoms with Crippen molar-refractivity contribution in [1.29, 1.82) is 0 Å². The van der Waals surface area contributed by atoms with Crippen LogP contribution < -0.4 is 0 Å². The molecule has 0 atom stereocenters. The molecule has 0 unspecified atom stereocenters. The van der Waals surface area contributed by atoms with Crippen LogP contribution in [0.4, 0.5) is 0 Å². The zero-order valence-electron chi connectivity index (χ0n) is 12.3. The van der Waals surface area contributed by atoms with Gasteiger partial charge in [-0.2, -0.15) is 4.31 Å². The van der Waals surface area contributed by atoms with Gasteiger partial charge in [-0.25, -0.2) is 8.42 Å². The standard InChI is InChI=1S/C15H18ClNO3S/c1-11-6-4-5-7-13(11)10-17(3)21(18,19)15-8-14(9-16)20-12(15)2/h4-8H,9-10H2,1-3H3. The largest absolute Gasteiger partial charge is 0.464 e. The Bertz CT molecular complexity index is 737. The van der Waals surface area contributed by atoms with Crippen LogP contribution in [0, 0.1) is 13.8 Å². The Morgan fingerprint density at radius 2 is 1.90 bits per heavy atom. The summed E-state index contributed by atoms with van der Waals surface area (Å²) in [5, 5.41) is 0. The monoisotopic (exact) mass is 327 g/mol. The molecule has 21 heavy (non-hydrogen) atoms. The Labute approximate surface area is 130 Å². The number of aryl methyl sites for hydroxylation is 2. The van der Waals surface area contributed by atoms with Crippen molar-refractivity contribution in [3.05, 3.63) is 53.0 Å². The molecule has 2 rings (SSSR count). The third-order valence-electron chi connectivity index (χ3n) is 3.40. The van der Waals surface area contributed by atoms with Crippen LogP contribution in [-0.2, 0) is 22.4 Å². The van der Waals surface area contributed by atoms with Gasteiger partial charge in [-0.05, 0) is 25.0 Å². The van der Waals surface area contributed by atoms with Crippen LogP contribution in [0.1, 0.15) is 22.6 Å². The van der Waals surface area contributed by atoms with Crippen molar-refractivity contribution in [1.82, 2.24) is 4.31 Å². The lowest BCUT2D eigenvalue weighted by Crippen LogP contribution is -2.27. The molecule has 0 radical (unpaired) electrons. The predicted molar refractivity (Wildman–Crippen MR) is 82.8 cm³/mol. The number of hydrogen-bond donors (Lipinski definition) is 0. The Morgan fingerprint density at radius 3 is 2.48 bits per heavy atom. The first-order valence-corrected chi connectivity index (χ1v) is 8.50. The van der Waals surface area contributed by atoms with Crippen molar-refractivity contribution in [3.8, 4) is 0 Å². The predicted octanol–water partition coefficient (Wildman–Crippen LogP) is 3.46. The molecule has 1 aromatic heterocycles. The van der Waals surface area contributed by atoms with Gasteiger partial charge in [0.2, 0.25) is 10.0 Å². The number of hydrogen-bond acceptors (Lipinski definition) is 3. The molecular weight excluding hydrogens is 310 g/mol. The second-order valence-corrected chi connectivity index (χ2v) is 7.23. The maximum atomic E-state index is 12.6. The number of benzene rings is 1. The van der Waals surface area contributed by atoms with Crippen molar-refractivity contribution >= 4 is 21.6 Å². The van der Waals surface area contributed by atoms with Crippen molar-refractivity contribution in [3.63, 3.8) is 0 Å². The normalized spacial score (nSPS) is 12.0. The van der Waals surface area contributed by atoms with Gasteiger partial charge in [-0.1, -0.05) is 24.3 Å². The molecule has 1 heterocycles. The summed E-state index contributed by atoms with van der Waals surface area (Å²) in [7, 11) is -2.03. The fraction of sp³-hybridized carbons (Fsp3) is 0.333. The lowest BCUT2D eigenvalue weighted by Gasteiger charge is -2.17. The summed E-state index contributed by atoms with van der Waals surface area (Å²) >= 11 is 5.69. The number of nitrogens with zero attached hydrogens (tertiary/aromatic N) is 1. The third kappa shape index (κ3) is 3.31. The third-order valence-corrected chi connectivity index (χ3v) is 5.57. The molecular formula is C15H18ClNO3S. The van der Waals surface area contributed by atoms with Crippen LogP contribution in [0.3, 0.4) is 0 Å². The highest BCUT2D eigenvalue weighted by atomic mass is 35.5. The minimum Gasteiger partial charge on any atom is -0.464 e. The first-order chi connectivity index (χ1) is 9.86. The fourth-order valence-electron chi connectivity index (χ4n) is 2.13. The van der Waals surface area contributed by atoms with E-state index in [1.807, 2.05) is 31.2 Å². The van der Waals surface area contributed by atoms with Crippen LogP contribution in [0.5, 0.6) is 0 Å². The molecule has 0 saturated carbocycles. The van der Waals surface area contributed by atoms with Gasteiger partial charge in [0.1, 0.15) is 16.4 Å². The molecule has 0 bridgehead atoms. The van der Waals surface area contributed by atoms with Gasteiger partial charge >= 0.3 is 0 Å². The highest BCUT2D eigenvalue weighted by Crippen LogP contribution is 2.25. The average Bonchev–Trinajstić information content (AvgIpc) is 2.83. The highest BCUT2D eigenvalue weighted by Gasteiger charge is 2.26. The molecule has 0 fully saturated rings. The van der Waals surface area contributed by atoms with E-state index in [9.17, 15) is 8.42 Å². The van der Waals surface area contributed by atoms with Crippen LogP contribution in [0.15, 0.2) is 39.6 Å². The van der Waals surface area contributed by atoms with Crippen LogP contribution in [0.2, 0.25) is 0 Å². The van der Waals surface area contributed by atoms with Crippen molar-refractivity contribution in [2.75, 3.05) is 7.05 Å². The van der Waals surface area contributed by atoms with Crippen molar-refractivity contribution in [2.24, 2.45) is 0 Å². The molecule has 2 aromatic rings. The van der Waals surface area contributed by atoms with E-state index < -0.39 is 10.0 Å². The Kier molecular flexibility index (Phi) is 4.76. The van der Waals surface area contributed by atoms with E-state index in [0.717, 1.165) is 11.1 Å². The van der Waals surface area contributed by atoms with Crippen LogP contribution >= 0.6 is 11.6 Å². The zero-order chi connectivity index (χ0) is 15.6. The van der Waals surface area contributed by atoms with E-state index in [4.69, 9.17) is 16.0 Å². The van der Waals surface area contributed by atoms with Crippen LogP contribution in [0.25, 0.3) is 0 Å². The second-order valence-electron chi connectivity index (χ2n) is 4.95. The smallest absolute Gasteiger partial charge is 0.246 e. The van der Waals surface area contributed by atoms with Crippen molar-refractivity contribution < 1.29 is 12.8 Å². The molecule has 0 aliphatic rings. The second kappa shape index (κ2) is 6.22. The molecule has 0 aliphatic heterocycles. The van der Waals surface area contributed by atoms with Crippen molar-refractivity contribution in [2.45, 2.75) is 31.2 Å². The fourth-order valence-corrected chi connectivity index (χ4v) is 3.59. The summed E-state index contributed by atoms with van der Waals surface area (Å²) in [6.07, 6.45) is 0. The van der Waals surface area contributed by atoms with E-state index in [1.54, 1.807) is 14.0 Å². The molecule has 0 amide bonds. The summed E-state index contributed by atoms with van der Waals surface area (Å²) in [4.78, 5) is 0.175. The Morgan fingerprint density at radius 1 is 1.24 bits per heavy atom. The van der Waals surface area contributed by atoms with Gasteiger partial charge in [-0.15, -0.1) is 11.6 Å². The summed E-state index contributed by atoms with van der Waals surface area (Å²) in [5.74, 6) is 0.969. The van der Waals surface area contributed by atoms with E-state index in [2.05, 4.69) is 0 Å². The van der Waals surface area contributed by atoms with E-state index >= 15 is 0 Å². The number of furan rings is 1. The molecule has 6 heteroatoms. The van der Waals surface area contributed by atoms with Gasteiger partial charge in [0.25, 0.3) is 0 Å². The Balaban J connectivity index is 2.30. The number of halogens is 1. The maximum absolute atomic E-state index is 12.6. The maximum Gasteiger partial charge on any atom is 0.246 e. The summed E-state index contributed by atoms with van der Waals surface area (Å²) < 4.78 is 31.9. The highest BCUT2D eigenvalue weighted by molar-refractivity contribution is 7.89. The van der Waals surface area contributed by atoms with Gasteiger partial charge in [0.05, 0.1) is 5.88 Å². The van der Waals surface area contributed by atoms with E-state index in [1.165, 1.54) is 10.4 Å². The first-order valence-electron chi connectivity index (χ1n) is 6.52. The molecule has 0 aliphatic carbocycles. The van der Waals surface area contributed by atoms with Gasteiger partial charge in [0, 0.05) is 19.7 Å². The summed E-state index contributed by atoms with van der Waals surface area (Å²) in [5.41, 5.74) is 2.03. The minimum atomic E-state index is -3.59. The molecule has 4 nitrogen and oxygen atoms in total. The SMILES string of the molecule is Cc1ccccc1CN(C)S(=O)(=O)c1cc(CCl)oc1C. The lowest BCUT2D eigenvalue weighted by molar-refractivity contribution is 0.458. The number of sulfonamides is 1. The zero-order valence-corrected chi connectivity index (χ0v) is 13.8. The quantitative estimate of drug-likeness (QED) is 0.790. The van der Waals surface area contributed by atoms with Gasteiger partial charge in [0.15, 0.2) is 0 Å². The lowest BCUT2D eigenvalue weighted by atomic mass is 10.1.